The molecule has 2 aromatic carbocycles. The molecule has 8 heteroatoms. The molecule has 0 radical (unpaired) electrons. The smallest absolute Gasteiger partial charge is 0.416 e. The van der Waals surface area contributed by atoms with Gasteiger partial charge >= 0.3 is 6.18 Å². The minimum absolute atomic E-state index is 0.0307. The minimum Gasteiger partial charge on any atom is -0.453 e. The van der Waals surface area contributed by atoms with Gasteiger partial charge in [-0.05, 0) is 42.3 Å². The number of rotatable bonds is 6. The number of benzene rings is 2. The van der Waals surface area contributed by atoms with Crippen molar-refractivity contribution in [2.45, 2.75) is 45.3 Å². The molecular weight excluding hydrogens is 373 g/mol. The first-order valence-electron chi connectivity index (χ1n) is 9.06. The standard InChI is InChI=1S/C20H21F3N2O3/c1-2-3-4-5-19(26)25(27)12-13-6-8-15-17(10-13)28-18-11-14(20(21,22)23)7-9-16(18)24-15/h6-11,24,27H,2-5,12H2,1H3. The number of ether oxygens (including phenoxy) is 1. The molecule has 0 bridgehead atoms. The number of hydroxylamine groups is 2. The van der Waals surface area contributed by atoms with Crippen LogP contribution in [0.25, 0.3) is 0 Å². The van der Waals surface area contributed by atoms with Crippen LogP contribution in [0.4, 0.5) is 24.5 Å². The number of anilines is 2. The van der Waals surface area contributed by atoms with Crippen LogP contribution >= 0.6 is 0 Å². The Labute approximate surface area is 160 Å². The second kappa shape index (κ2) is 8.10. The number of hydrogen-bond donors (Lipinski definition) is 2. The zero-order valence-electron chi connectivity index (χ0n) is 15.3. The monoisotopic (exact) mass is 394 g/mol. The SMILES string of the molecule is CCCCCC(=O)N(O)Cc1ccc2c(c1)Oc1cc(C(F)(F)F)ccc1N2. The van der Waals surface area contributed by atoms with Crippen LogP contribution in [0.5, 0.6) is 11.5 Å². The van der Waals surface area contributed by atoms with Gasteiger partial charge in [-0.15, -0.1) is 0 Å². The predicted molar refractivity (Wildman–Crippen MR) is 97.7 cm³/mol. The summed E-state index contributed by atoms with van der Waals surface area (Å²) < 4.78 is 44.3. The van der Waals surface area contributed by atoms with Gasteiger partial charge in [-0.3, -0.25) is 10.0 Å². The number of hydrogen-bond acceptors (Lipinski definition) is 4. The van der Waals surface area contributed by atoms with E-state index in [0.717, 1.165) is 25.0 Å². The molecule has 0 unspecified atom stereocenters. The molecule has 150 valence electrons. The number of unbranched alkanes of at least 4 members (excludes halogenated alkanes) is 2. The van der Waals surface area contributed by atoms with Gasteiger partial charge in [0, 0.05) is 6.42 Å². The molecule has 0 spiro atoms. The van der Waals surface area contributed by atoms with Crippen LogP contribution in [0.1, 0.15) is 43.7 Å². The molecule has 2 N–H and O–H groups in total. The summed E-state index contributed by atoms with van der Waals surface area (Å²) >= 11 is 0. The van der Waals surface area contributed by atoms with E-state index >= 15 is 0 Å². The van der Waals surface area contributed by atoms with E-state index in [1.807, 2.05) is 6.92 Å². The maximum Gasteiger partial charge on any atom is 0.416 e. The molecule has 2 aromatic rings. The highest BCUT2D eigenvalue weighted by Gasteiger charge is 2.32. The Morgan fingerprint density at radius 1 is 1.11 bits per heavy atom. The van der Waals surface area contributed by atoms with Gasteiger partial charge in [-0.2, -0.15) is 13.2 Å². The molecule has 1 amide bonds. The van der Waals surface area contributed by atoms with E-state index in [1.54, 1.807) is 18.2 Å². The van der Waals surface area contributed by atoms with Crippen LogP contribution in [-0.2, 0) is 17.5 Å². The van der Waals surface area contributed by atoms with Gasteiger partial charge in [0.05, 0.1) is 23.5 Å². The maximum absolute atomic E-state index is 12.9. The summed E-state index contributed by atoms with van der Waals surface area (Å²) in [5.74, 6) is 0.0255. The van der Waals surface area contributed by atoms with Gasteiger partial charge in [-0.25, -0.2) is 5.06 Å². The molecule has 0 aromatic heterocycles. The first kappa shape index (κ1) is 20.0. The van der Waals surface area contributed by atoms with Gasteiger partial charge < -0.3 is 10.1 Å². The lowest BCUT2D eigenvalue weighted by atomic mass is 10.1. The first-order chi connectivity index (χ1) is 13.3. The number of carbonyl (C=O) groups is 1. The molecule has 5 nitrogen and oxygen atoms in total. The Morgan fingerprint density at radius 2 is 1.79 bits per heavy atom. The van der Waals surface area contributed by atoms with Crippen molar-refractivity contribution >= 4 is 17.3 Å². The zero-order chi connectivity index (χ0) is 20.3. The third kappa shape index (κ3) is 4.56. The third-order valence-corrected chi connectivity index (χ3v) is 4.46. The normalized spacial score (nSPS) is 12.5. The first-order valence-corrected chi connectivity index (χ1v) is 9.06. The quantitative estimate of drug-likeness (QED) is 0.313. The van der Waals surface area contributed by atoms with E-state index < -0.39 is 11.7 Å². The lowest BCUT2D eigenvalue weighted by Crippen LogP contribution is -2.26. The number of carbonyl (C=O) groups excluding carboxylic acids is 1. The summed E-state index contributed by atoms with van der Waals surface area (Å²) in [7, 11) is 0. The molecule has 0 fully saturated rings. The molecule has 28 heavy (non-hydrogen) atoms. The van der Waals surface area contributed by atoms with Crippen molar-refractivity contribution in [2.75, 3.05) is 5.32 Å². The summed E-state index contributed by atoms with van der Waals surface area (Å²) in [6.45, 7) is 2.00. The third-order valence-electron chi connectivity index (χ3n) is 4.46. The number of halogens is 3. The van der Waals surface area contributed by atoms with Crippen LogP contribution in [0.3, 0.4) is 0 Å². The lowest BCUT2D eigenvalue weighted by Gasteiger charge is -2.24. The second-order valence-electron chi connectivity index (χ2n) is 6.67. The van der Waals surface area contributed by atoms with Gasteiger partial charge in [0.25, 0.3) is 0 Å². The van der Waals surface area contributed by atoms with Crippen LogP contribution in [0, 0.1) is 0 Å². The number of alkyl halides is 3. The highest BCUT2D eigenvalue weighted by Crippen LogP contribution is 2.44. The van der Waals surface area contributed by atoms with E-state index in [2.05, 4.69) is 5.32 Å². The number of nitrogens with zero attached hydrogens (tertiary/aromatic N) is 1. The van der Waals surface area contributed by atoms with Gasteiger partial charge in [0.2, 0.25) is 5.91 Å². The fraction of sp³-hybridized carbons (Fsp3) is 0.350. The molecule has 0 atom stereocenters. The van der Waals surface area contributed by atoms with E-state index in [1.165, 1.54) is 6.07 Å². The van der Waals surface area contributed by atoms with Gasteiger partial charge in [0.1, 0.15) is 0 Å². The van der Waals surface area contributed by atoms with Crippen molar-refractivity contribution in [3.63, 3.8) is 0 Å². The van der Waals surface area contributed by atoms with Crippen LogP contribution in [-0.4, -0.2) is 16.2 Å². The maximum atomic E-state index is 12.9. The molecule has 3 rings (SSSR count). The van der Waals surface area contributed by atoms with E-state index in [4.69, 9.17) is 4.74 Å². The average molecular weight is 394 g/mol. The van der Waals surface area contributed by atoms with Crippen molar-refractivity contribution in [3.8, 4) is 11.5 Å². The molecular formula is C20H21F3N2O3. The van der Waals surface area contributed by atoms with Crippen molar-refractivity contribution in [2.24, 2.45) is 0 Å². The van der Waals surface area contributed by atoms with Gasteiger partial charge in [0.15, 0.2) is 11.5 Å². The fourth-order valence-electron chi connectivity index (χ4n) is 2.92. The lowest BCUT2D eigenvalue weighted by molar-refractivity contribution is -0.168. The van der Waals surface area contributed by atoms with Crippen molar-refractivity contribution in [1.29, 1.82) is 0 Å². The summed E-state index contributed by atoms with van der Waals surface area (Å²) in [5, 5.41) is 13.6. The largest absolute Gasteiger partial charge is 0.453 e. The Kier molecular flexibility index (Phi) is 5.79. The summed E-state index contributed by atoms with van der Waals surface area (Å²) in [4.78, 5) is 11.9. The second-order valence-corrected chi connectivity index (χ2v) is 6.67. The van der Waals surface area contributed by atoms with E-state index in [-0.39, 0.29) is 24.6 Å². The summed E-state index contributed by atoms with van der Waals surface area (Å²) in [5.41, 5.74) is 0.826. The molecule has 0 saturated carbocycles. The van der Waals surface area contributed by atoms with Gasteiger partial charge in [-0.1, -0.05) is 25.8 Å². The van der Waals surface area contributed by atoms with Crippen LogP contribution in [0.2, 0.25) is 0 Å². The molecule has 0 aliphatic carbocycles. The average Bonchev–Trinajstić information content (AvgIpc) is 2.65. The molecule has 1 aliphatic heterocycles. The Balaban J connectivity index is 1.72. The summed E-state index contributed by atoms with van der Waals surface area (Å²) in [6.07, 6.45) is -1.60. The number of nitrogens with one attached hydrogen (secondary N) is 1. The predicted octanol–water partition coefficient (Wildman–Crippen LogP) is 5.85. The molecule has 0 saturated heterocycles. The summed E-state index contributed by atoms with van der Waals surface area (Å²) in [6, 6.07) is 8.25. The topological polar surface area (TPSA) is 61.8 Å². The fourth-order valence-corrected chi connectivity index (χ4v) is 2.92. The van der Waals surface area contributed by atoms with Crippen LogP contribution in [0.15, 0.2) is 36.4 Å². The van der Waals surface area contributed by atoms with E-state index in [9.17, 15) is 23.2 Å². The Bertz CT molecular complexity index is 868. The minimum atomic E-state index is -4.46. The van der Waals surface area contributed by atoms with E-state index in [0.29, 0.717) is 34.2 Å². The van der Waals surface area contributed by atoms with Crippen molar-refractivity contribution < 1.29 is 27.9 Å². The zero-order valence-corrected chi connectivity index (χ0v) is 15.3. The molecule has 1 aliphatic rings. The Morgan fingerprint density at radius 3 is 2.46 bits per heavy atom. The highest BCUT2D eigenvalue weighted by molar-refractivity contribution is 5.77. The Hall–Kier alpha value is -2.74. The van der Waals surface area contributed by atoms with Crippen molar-refractivity contribution in [3.05, 3.63) is 47.5 Å². The number of fused-ring (bicyclic) bond motifs is 2. The van der Waals surface area contributed by atoms with Crippen LogP contribution < -0.4 is 10.1 Å². The van der Waals surface area contributed by atoms with Crippen molar-refractivity contribution in [1.82, 2.24) is 5.06 Å². The highest BCUT2D eigenvalue weighted by atomic mass is 19.4. The molecule has 1 heterocycles. The number of amides is 1.